The van der Waals surface area contributed by atoms with Gasteiger partial charge in [-0.25, -0.2) is 4.79 Å². The molecule has 4 nitrogen and oxygen atoms in total. The van der Waals surface area contributed by atoms with Crippen LogP contribution in [0.1, 0.15) is 64.7 Å². The van der Waals surface area contributed by atoms with Crippen molar-refractivity contribution in [3.05, 3.63) is 38.2 Å². The first-order valence-corrected chi connectivity index (χ1v) is 8.32. The summed E-state index contributed by atoms with van der Waals surface area (Å²) in [5, 5.41) is 8.80. The molecule has 1 unspecified atom stereocenters. The maximum Gasteiger partial charge on any atom is 0.334 e. The number of carboxylic acids is 1. The van der Waals surface area contributed by atoms with Crippen LogP contribution >= 0.6 is 0 Å². The van der Waals surface area contributed by atoms with Crippen LogP contribution in [0.4, 0.5) is 0 Å². The van der Waals surface area contributed by atoms with E-state index in [1.807, 2.05) is 0 Å². The van der Waals surface area contributed by atoms with Gasteiger partial charge in [0.05, 0.1) is 12.2 Å². The molecule has 23 heavy (non-hydrogen) atoms. The van der Waals surface area contributed by atoms with Gasteiger partial charge in [-0.1, -0.05) is 77.5 Å². The first-order chi connectivity index (χ1) is 11.0. The Balaban J connectivity index is 0. The van der Waals surface area contributed by atoms with E-state index in [1.54, 1.807) is 6.08 Å². The lowest BCUT2D eigenvalue weighted by Crippen LogP contribution is -2.10. The molecule has 0 rings (SSSR count). The third-order valence-electron chi connectivity index (χ3n) is 3.34. The highest BCUT2D eigenvalue weighted by Crippen LogP contribution is 2.14. The summed E-state index contributed by atoms with van der Waals surface area (Å²) in [6.45, 7) is 12.1. The minimum Gasteiger partial charge on any atom is -0.481 e. The number of esters is 1. The lowest BCUT2D eigenvalue weighted by atomic mass is 10.0. The summed E-state index contributed by atoms with van der Waals surface area (Å²) >= 11 is 0. The van der Waals surface area contributed by atoms with E-state index in [0.29, 0.717) is 0 Å². The Morgan fingerprint density at radius 3 is 1.87 bits per heavy atom. The highest BCUT2D eigenvalue weighted by atomic mass is 16.5. The second kappa shape index (κ2) is 18.2. The van der Waals surface area contributed by atoms with Gasteiger partial charge < -0.3 is 9.84 Å². The van der Waals surface area contributed by atoms with Crippen LogP contribution in [-0.2, 0) is 14.3 Å². The van der Waals surface area contributed by atoms with E-state index in [2.05, 4.69) is 31.4 Å². The molecule has 4 heteroatoms. The summed E-state index contributed by atoms with van der Waals surface area (Å²) in [4.78, 5) is 20.7. The molecule has 0 spiro atoms. The lowest BCUT2D eigenvalue weighted by molar-refractivity contribution is -0.140. The standard InChI is InChI=1S/C14H26O2.C5H6O2/c1-3-5-6-7-8-9-10-11-12-13(4-2)14(15)16;1-3-5(6)7-4-2/h4,13H,2-3,5-12H2,1H3,(H,15,16);3-4H,1-2H2. The minimum absolute atomic E-state index is 0.347. The van der Waals surface area contributed by atoms with Crippen LogP contribution in [0.25, 0.3) is 0 Å². The number of hydrogen-bond donors (Lipinski definition) is 1. The fraction of sp³-hybridized carbons (Fsp3) is 0.579. The molecule has 0 amide bonds. The largest absolute Gasteiger partial charge is 0.481 e. The fourth-order valence-corrected chi connectivity index (χ4v) is 1.97. The molecule has 0 aromatic rings. The molecule has 0 heterocycles. The average Bonchev–Trinajstić information content (AvgIpc) is 2.54. The highest BCUT2D eigenvalue weighted by molar-refractivity contribution is 5.81. The van der Waals surface area contributed by atoms with Crippen LogP contribution in [0.2, 0.25) is 0 Å². The zero-order chi connectivity index (χ0) is 17.9. The van der Waals surface area contributed by atoms with Gasteiger partial charge in [-0.2, -0.15) is 0 Å². The molecule has 1 atom stereocenters. The summed E-state index contributed by atoms with van der Waals surface area (Å²) in [5.74, 6) is -1.56. The van der Waals surface area contributed by atoms with E-state index in [0.717, 1.165) is 31.6 Å². The fourth-order valence-electron chi connectivity index (χ4n) is 1.97. The van der Waals surface area contributed by atoms with Crippen molar-refractivity contribution in [2.24, 2.45) is 5.92 Å². The average molecular weight is 324 g/mol. The number of carbonyl (C=O) groups excluding carboxylic acids is 1. The van der Waals surface area contributed by atoms with Gasteiger partial charge in [-0.3, -0.25) is 4.79 Å². The van der Waals surface area contributed by atoms with E-state index >= 15 is 0 Å². The van der Waals surface area contributed by atoms with Gasteiger partial charge in [0.2, 0.25) is 0 Å². The van der Waals surface area contributed by atoms with Crippen LogP contribution in [0, 0.1) is 5.92 Å². The van der Waals surface area contributed by atoms with Crippen molar-refractivity contribution in [2.75, 3.05) is 0 Å². The van der Waals surface area contributed by atoms with Crippen LogP contribution in [0.5, 0.6) is 0 Å². The zero-order valence-corrected chi connectivity index (χ0v) is 14.5. The smallest absolute Gasteiger partial charge is 0.334 e. The molecule has 0 aromatic heterocycles. The monoisotopic (exact) mass is 324 g/mol. The van der Waals surface area contributed by atoms with Gasteiger partial charge in [0.1, 0.15) is 0 Å². The molecule has 0 saturated carbocycles. The van der Waals surface area contributed by atoms with Gasteiger partial charge in [-0.15, -0.1) is 6.58 Å². The van der Waals surface area contributed by atoms with Gasteiger partial charge in [0, 0.05) is 6.08 Å². The third kappa shape index (κ3) is 18.1. The molecule has 0 aliphatic rings. The third-order valence-corrected chi connectivity index (χ3v) is 3.34. The Morgan fingerprint density at radius 1 is 1.00 bits per heavy atom. The van der Waals surface area contributed by atoms with E-state index in [-0.39, 0.29) is 5.92 Å². The number of aliphatic carboxylic acids is 1. The summed E-state index contributed by atoms with van der Waals surface area (Å²) in [7, 11) is 0. The molecule has 0 radical (unpaired) electrons. The Hall–Kier alpha value is -1.84. The Bertz CT molecular complexity index is 347. The molecule has 0 aliphatic heterocycles. The van der Waals surface area contributed by atoms with E-state index in [9.17, 15) is 9.59 Å². The lowest BCUT2D eigenvalue weighted by Gasteiger charge is -2.06. The van der Waals surface area contributed by atoms with Crippen LogP contribution < -0.4 is 0 Å². The highest BCUT2D eigenvalue weighted by Gasteiger charge is 2.11. The van der Waals surface area contributed by atoms with Crippen molar-refractivity contribution in [3.63, 3.8) is 0 Å². The summed E-state index contributed by atoms with van der Waals surface area (Å²) < 4.78 is 4.20. The maximum atomic E-state index is 10.7. The first-order valence-electron chi connectivity index (χ1n) is 8.32. The Labute approximate surface area is 140 Å². The van der Waals surface area contributed by atoms with Crippen LogP contribution in [0.3, 0.4) is 0 Å². The molecular weight excluding hydrogens is 292 g/mol. The Kier molecular flexibility index (Phi) is 18.5. The zero-order valence-electron chi connectivity index (χ0n) is 14.5. The number of carboxylic acid groups (broad SMARTS) is 1. The van der Waals surface area contributed by atoms with Gasteiger partial charge in [-0.05, 0) is 6.42 Å². The van der Waals surface area contributed by atoms with Crippen molar-refractivity contribution in [3.8, 4) is 0 Å². The normalized spacial score (nSPS) is 10.7. The maximum absolute atomic E-state index is 10.7. The molecule has 0 aromatic carbocycles. The predicted molar refractivity (Wildman–Crippen MR) is 95.0 cm³/mol. The van der Waals surface area contributed by atoms with Crippen molar-refractivity contribution in [1.29, 1.82) is 0 Å². The number of ether oxygens (including phenoxy) is 1. The molecule has 0 aliphatic carbocycles. The van der Waals surface area contributed by atoms with Crippen molar-refractivity contribution >= 4 is 11.9 Å². The van der Waals surface area contributed by atoms with Crippen molar-refractivity contribution in [2.45, 2.75) is 64.7 Å². The van der Waals surface area contributed by atoms with E-state index in [1.165, 1.54) is 38.5 Å². The second-order valence-corrected chi connectivity index (χ2v) is 5.25. The number of rotatable bonds is 13. The number of unbranched alkanes of at least 4 members (excludes halogenated alkanes) is 7. The number of carbonyl (C=O) groups is 2. The molecule has 0 fully saturated rings. The molecule has 132 valence electrons. The van der Waals surface area contributed by atoms with Crippen molar-refractivity contribution in [1.82, 2.24) is 0 Å². The van der Waals surface area contributed by atoms with E-state index < -0.39 is 11.9 Å². The minimum atomic E-state index is -0.738. The SMILES string of the molecule is C=CC(CCCCCCCCCC)C(=O)O.C=COC(=O)C=C. The quantitative estimate of drug-likeness (QED) is 0.165. The number of hydrogen-bond acceptors (Lipinski definition) is 3. The van der Waals surface area contributed by atoms with Crippen LogP contribution in [0.15, 0.2) is 38.2 Å². The van der Waals surface area contributed by atoms with E-state index in [4.69, 9.17) is 5.11 Å². The summed E-state index contributed by atoms with van der Waals surface area (Å²) in [5.41, 5.74) is 0. The Morgan fingerprint density at radius 2 is 1.52 bits per heavy atom. The van der Waals surface area contributed by atoms with Gasteiger partial charge >= 0.3 is 11.9 Å². The molecular formula is C19H32O4. The second-order valence-electron chi connectivity index (χ2n) is 5.25. The molecule has 0 bridgehead atoms. The first kappa shape index (κ1) is 23.4. The van der Waals surface area contributed by atoms with Crippen LogP contribution in [-0.4, -0.2) is 17.0 Å². The van der Waals surface area contributed by atoms with Gasteiger partial charge in [0.15, 0.2) is 0 Å². The topological polar surface area (TPSA) is 63.6 Å². The summed E-state index contributed by atoms with van der Waals surface area (Å²) in [6.07, 6.45) is 14.4. The predicted octanol–water partition coefficient (Wildman–Crippen LogP) is 5.26. The molecule has 0 saturated heterocycles. The van der Waals surface area contributed by atoms with Gasteiger partial charge in [0.25, 0.3) is 0 Å². The van der Waals surface area contributed by atoms with Crippen molar-refractivity contribution < 1.29 is 19.4 Å². The summed E-state index contributed by atoms with van der Waals surface area (Å²) in [6, 6.07) is 0. The molecule has 1 N–H and O–H groups in total.